The Kier molecular flexibility index (Phi) is 7.87. The monoisotopic (exact) mass is 810 g/mol. The van der Waals surface area contributed by atoms with Gasteiger partial charge < -0.3 is 18.6 Å². The Morgan fingerprint density at radius 3 is 1.94 bits per heavy atom. The predicted octanol–water partition coefficient (Wildman–Crippen LogP) is 15.0. The van der Waals surface area contributed by atoms with E-state index in [9.17, 15) is 0 Å². The summed E-state index contributed by atoms with van der Waals surface area (Å²) in [5.41, 5.74) is 14.5. The van der Waals surface area contributed by atoms with E-state index in [0.717, 1.165) is 122 Å². The maximum absolute atomic E-state index is 7.08. The van der Waals surface area contributed by atoms with Crippen molar-refractivity contribution < 1.29 is 13.3 Å². The summed E-state index contributed by atoms with van der Waals surface area (Å²) in [5, 5.41) is 10.1. The Morgan fingerprint density at radius 2 is 1.06 bits per heavy atom. The number of aliphatic imine (C=N–C) groups is 2. The first-order valence-electron chi connectivity index (χ1n) is 21.2. The van der Waals surface area contributed by atoms with Crippen LogP contribution in [0.5, 0.6) is 0 Å². The maximum Gasteiger partial charge on any atom is 0.269 e. The molecule has 6 nitrogen and oxygen atoms in total. The standard InChI is InChI=1S/C57H35N3O3/c1-3-15-34(16-4-1)36-19-11-20-37(31-36)56-58-55(35-17-5-2-6-18-35)59-57(60-56)43-25-14-30-50-53(43)45-33-38(39-23-12-28-48-51(39)41-21-7-9-26-46(41)61-48)32-44(54(45)63-50)40-24-13-29-49-52(40)42-22-8-10-27-47(42)62-49/h1-33,57H,(H,58,59,60)/p+1. The zero-order valence-corrected chi connectivity index (χ0v) is 33.8. The van der Waals surface area contributed by atoms with Crippen molar-refractivity contribution in [2.75, 3.05) is 0 Å². The lowest BCUT2D eigenvalue weighted by Crippen LogP contribution is -2.33. The molecule has 3 aromatic heterocycles. The van der Waals surface area contributed by atoms with Gasteiger partial charge in [-0.1, -0.05) is 146 Å². The molecule has 1 aliphatic rings. The number of nitrogens with one attached hydrogen (secondary N) is 1. The van der Waals surface area contributed by atoms with Crippen molar-refractivity contribution in [2.45, 2.75) is 6.17 Å². The number of fused-ring (bicyclic) bond motifs is 9. The molecule has 63 heavy (non-hydrogen) atoms. The first-order chi connectivity index (χ1) is 31.2. The van der Waals surface area contributed by atoms with Crippen molar-refractivity contribution in [1.29, 1.82) is 0 Å². The van der Waals surface area contributed by atoms with Crippen LogP contribution in [0.1, 0.15) is 22.9 Å². The summed E-state index contributed by atoms with van der Waals surface area (Å²) in [4.78, 5) is 10.6. The third-order valence-electron chi connectivity index (χ3n) is 12.4. The molecule has 0 amide bonds. The minimum atomic E-state index is -0.488. The van der Waals surface area contributed by atoms with Crippen LogP contribution in [-0.4, -0.2) is 11.7 Å². The Bertz CT molecular complexity index is 3840. The molecule has 6 heteroatoms. The molecule has 0 spiro atoms. The molecule has 0 saturated heterocycles. The van der Waals surface area contributed by atoms with Gasteiger partial charge in [0, 0.05) is 55.9 Å². The average Bonchev–Trinajstić information content (AvgIpc) is 4.06. The van der Waals surface area contributed by atoms with Crippen molar-refractivity contribution >= 4 is 77.5 Å². The second kappa shape index (κ2) is 14.0. The highest BCUT2D eigenvalue weighted by molar-refractivity contribution is 6.21. The number of rotatable bonds is 6. The highest BCUT2D eigenvalue weighted by Crippen LogP contribution is 2.47. The molecule has 0 saturated carbocycles. The van der Waals surface area contributed by atoms with Gasteiger partial charge in [-0.3, -0.25) is 0 Å². The lowest BCUT2D eigenvalue weighted by Gasteiger charge is -2.24. The number of nitrogens with zero attached hydrogens (tertiary/aromatic N) is 2. The second-order valence-corrected chi connectivity index (χ2v) is 16.1. The largest absolute Gasteiger partial charge is 0.545 e. The van der Waals surface area contributed by atoms with Gasteiger partial charge in [-0.25, -0.2) is 9.98 Å². The number of hydrogen-bond donors (Lipinski definition) is 1. The molecule has 0 fully saturated rings. The molecule has 0 aliphatic carbocycles. The van der Waals surface area contributed by atoms with Crippen molar-refractivity contribution in [3.8, 4) is 33.4 Å². The lowest BCUT2D eigenvalue weighted by molar-refractivity contribution is 0.663. The van der Waals surface area contributed by atoms with Crippen LogP contribution in [0, 0.1) is 0 Å². The third-order valence-corrected chi connectivity index (χ3v) is 12.4. The van der Waals surface area contributed by atoms with E-state index in [-0.39, 0.29) is 0 Å². The van der Waals surface area contributed by atoms with E-state index in [0.29, 0.717) is 5.84 Å². The fourth-order valence-corrected chi connectivity index (χ4v) is 9.56. The Hall–Kier alpha value is -8.48. The zero-order valence-electron chi connectivity index (χ0n) is 33.8. The summed E-state index contributed by atoms with van der Waals surface area (Å²) in [7, 11) is 0. The van der Waals surface area contributed by atoms with Gasteiger partial charge >= 0.3 is 0 Å². The smallest absolute Gasteiger partial charge is 0.269 e. The molecule has 0 bridgehead atoms. The SMILES string of the molecule is c1ccc(C2=NC(c3cccc4oc5c(-c6cccc7oc8ccccc8c67)cc(-c6cccc7[oH+]c8ccccc8c67)cc5c34)NC(c3cccc(-c4ccccc4)c3)=N2)cc1. The van der Waals surface area contributed by atoms with Gasteiger partial charge in [0.1, 0.15) is 34.3 Å². The summed E-state index contributed by atoms with van der Waals surface area (Å²) in [6.07, 6.45) is -0.488. The summed E-state index contributed by atoms with van der Waals surface area (Å²) in [5.74, 6) is 1.41. The topological polar surface area (TPSA) is 75.8 Å². The minimum Gasteiger partial charge on any atom is -0.545 e. The summed E-state index contributed by atoms with van der Waals surface area (Å²) < 4.78 is 18.6. The average molecular weight is 811 g/mol. The van der Waals surface area contributed by atoms with Gasteiger partial charge in [0.2, 0.25) is 0 Å². The summed E-state index contributed by atoms with van der Waals surface area (Å²) in [6.45, 7) is 0. The Labute approximate surface area is 361 Å². The minimum absolute atomic E-state index is 0.488. The van der Waals surface area contributed by atoms with Crippen molar-refractivity contribution in [1.82, 2.24) is 5.32 Å². The maximum atomic E-state index is 7.08. The van der Waals surface area contributed by atoms with Crippen LogP contribution in [0.4, 0.5) is 0 Å². The number of hydrogen-bond acceptors (Lipinski definition) is 5. The van der Waals surface area contributed by atoms with Crippen LogP contribution in [0.25, 0.3) is 99.2 Å². The molecule has 9 aromatic carbocycles. The van der Waals surface area contributed by atoms with E-state index < -0.39 is 6.17 Å². The van der Waals surface area contributed by atoms with Crippen LogP contribution in [-0.2, 0) is 0 Å². The van der Waals surface area contributed by atoms with Crippen LogP contribution in [0.2, 0.25) is 0 Å². The first-order valence-corrected chi connectivity index (χ1v) is 21.2. The molecular weight excluding hydrogens is 775 g/mol. The quantitative estimate of drug-likeness (QED) is 0.170. The highest BCUT2D eigenvalue weighted by Gasteiger charge is 2.27. The molecule has 2 N–H and O–H groups in total. The third kappa shape index (κ3) is 5.73. The number of para-hydroxylation sites is 2. The van der Waals surface area contributed by atoms with Gasteiger partial charge in [-0.05, 0) is 70.3 Å². The molecule has 12 aromatic rings. The molecule has 1 atom stereocenters. The first kappa shape index (κ1) is 35.3. The predicted molar refractivity (Wildman–Crippen MR) is 258 cm³/mol. The van der Waals surface area contributed by atoms with E-state index in [1.807, 2.05) is 48.5 Å². The molecule has 13 rings (SSSR count). The molecule has 4 heterocycles. The summed E-state index contributed by atoms with van der Waals surface area (Å²) >= 11 is 0. The summed E-state index contributed by atoms with van der Waals surface area (Å²) in [6, 6.07) is 69.4. The van der Waals surface area contributed by atoms with Gasteiger partial charge in [0.05, 0.1) is 10.8 Å². The zero-order chi connectivity index (χ0) is 41.4. The molecule has 296 valence electrons. The van der Waals surface area contributed by atoms with Crippen molar-refractivity contribution in [3.05, 3.63) is 217 Å². The lowest BCUT2D eigenvalue weighted by atomic mass is 9.91. The normalized spacial score (nSPS) is 14.2. The van der Waals surface area contributed by atoms with Crippen LogP contribution in [0.15, 0.2) is 223 Å². The van der Waals surface area contributed by atoms with E-state index >= 15 is 0 Å². The second-order valence-electron chi connectivity index (χ2n) is 16.1. The van der Waals surface area contributed by atoms with E-state index in [2.05, 4.69) is 157 Å². The molecular formula is C57H36N3O3+. The van der Waals surface area contributed by atoms with E-state index in [4.69, 9.17) is 23.2 Å². The van der Waals surface area contributed by atoms with Crippen LogP contribution in [0.3, 0.4) is 0 Å². The van der Waals surface area contributed by atoms with Gasteiger partial charge in [-0.2, -0.15) is 0 Å². The molecule has 0 radical (unpaired) electrons. The molecule has 1 aliphatic heterocycles. The fraction of sp³-hybridized carbons (Fsp3) is 0.0175. The van der Waals surface area contributed by atoms with Gasteiger partial charge in [0.15, 0.2) is 5.84 Å². The Balaban J connectivity index is 1.07. The number of benzene rings is 9. The number of amidine groups is 2. The molecule has 1 unspecified atom stereocenters. The highest BCUT2D eigenvalue weighted by atomic mass is 16.3. The van der Waals surface area contributed by atoms with Gasteiger partial charge in [-0.15, -0.1) is 0 Å². The fourth-order valence-electron chi connectivity index (χ4n) is 9.56. The van der Waals surface area contributed by atoms with Crippen LogP contribution < -0.4 is 5.32 Å². The van der Waals surface area contributed by atoms with E-state index in [1.54, 1.807) is 0 Å². The van der Waals surface area contributed by atoms with Crippen molar-refractivity contribution in [3.63, 3.8) is 0 Å². The van der Waals surface area contributed by atoms with Crippen LogP contribution >= 0.6 is 0 Å². The van der Waals surface area contributed by atoms with Crippen molar-refractivity contribution in [2.24, 2.45) is 9.98 Å². The van der Waals surface area contributed by atoms with Gasteiger partial charge in [0.25, 0.3) is 11.2 Å². The number of furan rings is 3. The Morgan fingerprint density at radius 1 is 0.413 bits per heavy atom. The van der Waals surface area contributed by atoms with E-state index in [1.165, 1.54) is 0 Å².